The fourth-order valence-electron chi connectivity index (χ4n) is 1.25. The van der Waals surface area contributed by atoms with Crippen LogP contribution in [0.2, 0.25) is 0 Å². The summed E-state index contributed by atoms with van der Waals surface area (Å²) in [6.07, 6.45) is 8.97. The highest BCUT2D eigenvalue weighted by atomic mass is 14.8. The predicted molar refractivity (Wildman–Crippen MR) is 61.8 cm³/mol. The van der Waals surface area contributed by atoms with Crippen molar-refractivity contribution in [3.8, 4) is 0 Å². The summed E-state index contributed by atoms with van der Waals surface area (Å²) in [5.74, 6) is 0. The Morgan fingerprint density at radius 1 is 1.00 bits per heavy atom. The summed E-state index contributed by atoms with van der Waals surface area (Å²) in [5.41, 5.74) is 8.47. The molecule has 0 amide bonds. The molecule has 0 aliphatic carbocycles. The fourth-order valence-corrected chi connectivity index (χ4v) is 1.25. The van der Waals surface area contributed by atoms with Gasteiger partial charge >= 0.3 is 0 Å². The van der Waals surface area contributed by atoms with Crippen LogP contribution in [0.1, 0.15) is 11.1 Å². The van der Waals surface area contributed by atoms with E-state index < -0.39 is 0 Å². The molecule has 0 spiro atoms. The van der Waals surface area contributed by atoms with Crippen LogP contribution in [0.4, 0.5) is 5.69 Å². The van der Waals surface area contributed by atoms with Crippen LogP contribution in [0, 0.1) is 0 Å². The van der Waals surface area contributed by atoms with E-state index in [2.05, 4.69) is 9.97 Å². The molecule has 3 heteroatoms. The maximum absolute atomic E-state index is 5.67. The number of benzene rings is 1. The molecule has 1 aromatic carbocycles. The zero-order valence-electron chi connectivity index (χ0n) is 8.17. The third-order valence-electron chi connectivity index (χ3n) is 1.96. The fraction of sp³-hybridized carbons (Fsp3) is 0. The molecule has 2 N–H and O–H groups in total. The van der Waals surface area contributed by atoms with Crippen LogP contribution in [0.5, 0.6) is 0 Å². The van der Waals surface area contributed by atoms with Gasteiger partial charge in [0.2, 0.25) is 0 Å². The topological polar surface area (TPSA) is 51.8 Å². The number of nitrogens with zero attached hydrogens (tertiary/aromatic N) is 2. The zero-order valence-corrected chi connectivity index (χ0v) is 8.17. The SMILES string of the molecule is Nc1cccc(/C=C/c2cncnc2)c1. The second-order valence-corrected chi connectivity index (χ2v) is 3.18. The van der Waals surface area contributed by atoms with Crippen LogP contribution in [-0.4, -0.2) is 9.97 Å². The third-order valence-corrected chi connectivity index (χ3v) is 1.96. The molecular weight excluding hydrogens is 186 g/mol. The number of rotatable bonds is 2. The van der Waals surface area contributed by atoms with Crippen LogP contribution >= 0.6 is 0 Å². The molecule has 0 aliphatic rings. The first-order valence-electron chi connectivity index (χ1n) is 4.63. The minimum absolute atomic E-state index is 0.765. The predicted octanol–water partition coefficient (Wildman–Crippen LogP) is 2.23. The maximum Gasteiger partial charge on any atom is 0.115 e. The highest BCUT2D eigenvalue weighted by Gasteiger charge is 1.88. The van der Waals surface area contributed by atoms with E-state index in [1.807, 2.05) is 36.4 Å². The lowest BCUT2D eigenvalue weighted by Gasteiger charge is -1.95. The largest absolute Gasteiger partial charge is 0.399 e. The van der Waals surface area contributed by atoms with Gasteiger partial charge in [0.25, 0.3) is 0 Å². The molecule has 0 saturated heterocycles. The Balaban J connectivity index is 2.19. The monoisotopic (exact) mass is 197 g/mol. The summed E-state index contributed by atoms with van der Waals surface area (Å²) < 4.78 is 0. The van der Waals surface area contributed by atoms with Crippen LogP contribution < -0.4 is 5.73 Å². The molecule has 74 valence electrons. The number of hydrogen-bond donors (Lipinski definition) is 1. The van der Waals surface area contributed by atoms with E-state index in [4.69, 9.17) is 5.73 Å². The van der Waals surface area contributed by atoms with Gasteiger partial charge in [-0.15, -0.1) is 0 Å². The first-order chi connectivity index (χ1) is 7.34. The van der Waals surface area contributed by atoms with Gasteiger partial charge in [-0.25, -0.2) is 9.97 Å². The third kappa shape index (κ3) is 2.64. The van der Waals surface area contributed by atoms with Gasteiger partial charge in [0.1, 0.15) is 6.33 Å². The lowest BCUT2D eigenvalue weighted by atomic mass is 10.1. The van der Waals surface area contributed by atoms with Crippen LogP contribution in [0.15, 0.2) is 43.0 Å². The van der Waals surface area contributed by atoms with Crippen molar-refractivity contribution in [1.82, 2.24) is 9.97 Å². The first-order valence-corrected chi connectivity index (χ1v) is 4.63. The Hall–Kier alpha value is -2.16. The van der Waals surface area contributed by atoms with Crippen molar-refractivity contribution >= 4 is 17.8 Å². The Kier molecular flexibility index (Phi) is 2.74. The lowest BCUT2D eigenvalue weighted by molar-refractivity contribution is 1.16. The van der Waals surface area contributed by atoms with Crippen LogP contribution in [-0.2, 0) is 0 Å². The molecule has 0 unspecified atom stereocenters. The minimum Gasteiger partial charge on any atom is -0.399 e. The van der Waals surface area contributed by atoms with E-state index in [0.29, 0.717) is 0 Å². The van der Waals surface area contributed by atoms with Crippen LogP contribution in [0.3, 0.4) is 0 Å². The Bertz CT molecular complexity index is 463. The molecule has 0 bridgehead atoms. The molecule has 15 heavy (non-hydrogen) atoms. The lowest BCUT2D eigenvalue weighted by Crippen LogP contribution is -1.83. The second kappa shape index (κ2) is 4.37. The quantitative estimate of drug-likeness (QED) is 0.751. The van der Waals surface area contributed by atoms with E-state index in [1.54, 1.807) is 12.4 Å². The van der Waals surface area contributed by atoms with Gasteiger partial charge in [0.15, 0.2) is 0 Å². The first kappa shape index (κ1) is 9.40. The van der Waals surface area contributed by atoms with E-state index >= 15 is 0 Å². The van der Waals surface area contributed by atoms with Gasteiger partial charge in [-0.2, -0.15) is 0 Å². The molecule has 0 saturated carbocycles. The van der Waals surface area contributed by atoms with E-state index in [1.165, 1.54) is 6.33 Å². The van der Waals surface area contributed by atoms with Gasteiger partial charge in [0, 0.05) is 23.6 Å². The Morgan fingerprint density at radius 3 is 2.47 bits per heavy atom. The zero-order chi connectivity index (χ0) is 10.5. The van der Waals surface area contributed by atoms with E-state index in [0.717, 1.165) is 16.8 Å². The van der Waals surface area contributed by atoms with Crippen molar-refractivity contribution < 1.29 is 0 Å². The molecule has 0 atom stereocenters. The molecule has 1 aromatic heterocycles. The number of nitrogen functional groups attached to an aromatic ring is 1. The number of anilines is 1. The average molecular weight is 197 g/mol. The molecule has 2 rings (SSSR count). The highest BCUT2D eigenvalue weighted by Crippen LogP contribution is 2.10. The smallest absolute Gasteiger partial charge is 0.115 e. The summed E-state index contributed by atoms with van der Waals surface area (Å²) in [5, 5.41) is 0. The molecule has 3 nitrogen and oxygen atoms in total. The summed E-state index contributed by atoms with van der Waals surface area (Å²) in [7, 11) is 0. The number of aromatic nitrogens is 2. The van der Waals surface area contributed by atoms with Crippen molar-refractivity contribution in [2.24, 2.45) is 0 Å². The summed E-state index contributed by atoms with van der Waals surface area (Å²) in [4.78, 5) is 7.85. The van der Waals surface area contributed by atoms with Crippen molar-refractivity contribution in [2.75, 3.05) is 5.73 Å². The normalized spacial score (nSPS) is 10.7. The molecular formula is C12H11N3. The van der Waals surface area contributed by atoms with E-state index in [9.17, 15) is 0 Å². The number of nitrogens with two attached hydrogens (primary N) is 1. The van der Waals surface area contributed by atoms with Crippen LogP contribution in [0.25, 0.3) is 12.2 Å². The number of hydrogen-bond acceptors (Lipinski definition) is 3. The van der Waals surface area contributed by atoms with Gasteiger partial charge in [-0.1, -0.05) is 24.3 Å². The second-order valence-electron chi connectivity index (χ2n) is 3.18. The maximum atomic E-state index is 5.67. The Morgan fingerprint density at radius 2 is 1.73 bits per heavy atom. The standard InChI is InChI=1S/C12H11N3/c13-12-3-1-2-10(6-12)4-5-11-7-14-9-15-8-11/h1-9H,13H2/b5-4+. The van der Waals surface area contributed by atoms with Crippen molar-refractivity contribution in [1.29, 1.82) is 0 Å². The van der Waals surface area contributed by atoms with Gasteiger partial charge < -0.3 is 5.73 Å². The van der Waals surface area contributed by atoms with Crippen molar-refractivity contribution in [2.45, 2.75) is 0 Å². The van der Waals surface area contributed by atoms with Crippen molar-refractivity contribution in [3.63, 3.8) is 0 Å². The van der Waals surface area contributed by atoms with Gasteiger partial charge in [-0.05, 0) is 17.7 Å². The van der Waals surface area contributed by atoms with Gasteiger partial charge in [0.05, 0.1) is 0 Å². The highest BCUT2D eigenvalue weighted by molar-refractivity contribution is 5.70. The summed E-state index contributed by atoms with van der Waals surface area (Å²) in [6, 6.07) is 7.70. The summed E-state index contributed by atoms with van der Waals surface area (Å²) >= 11 is 0. The minimum atomic E-state index is 0.765. The molecule has 0 fully saturated rings. The van der Waals surface area contributed by atoms with Gasteiger partial charge in [-0.3, -0.25) is 0 Å². The van der Waals surface area contributed by atoms with Crippen molar-refractivity contribution in [3.05, 3.63) is 54.1 Å². The molecule has 0 aliphatic heterocycles. The molecule has 1 heterocycles. The Labute approximate surface area is 88.3 Å². The molecule has 0 radical (unpaired) electrons. The summed E-state index contributed by atoms with van der Waals surface area (Å²) in [6.45, 7) is 0. The van der Waals surface area contributed by atoms with E-state index in [-0.39, 0.29) is 0 Å². The average Bonchev–Trinajstić information content (AvgIpc) is 2.28. The molecule has 2 aromatic rings.